The lowest BCUT2D eigenvalue weighted by Crippen LogP contribution is -2.32. The van der Waals surface area contributed by atoms with Gasteiger partial charge in [0.15, 0.2) is 0 Å². The Kier molecular flexibility index (Phi) is 10.4. The molecule has 6 heteroatoms. The van der Waals surface area contributed by atoms with Gasteiger partial charge in [-0.05, 0) is 6.42 Å². The van der Waals surface area contributed by atoms with Crippen molar-refractivity contribution in [3.63, 3.8) is 0 Å². The van der Waals surface area contributed by atoms with E-state index in [-0.39, 0.29) is 6.61 Å². The molecule has 0 aliphatic carbocycles. The second-order valence-corrected chi connectivity index (χ2v) is 4.74. The number of hydrogen-bond acceptors (Lipinski definition) is 6. The van der Waals surface area contributed by atoms with E-state index in [0.29, 0.717) is 31.0 Å². The highest BCUT2D eigenvalue weighted by Crippen LogP contribution is 2.09. The van der Waals surface area contributed by atoms with Gasteiger partial charge in [-0.15, -0.1) is 0 Å². The molecule has 0 aliphatic rings. The highest BCUT2D eigenvalue weighted by molar-refractivity contribution is 7.99. The van der Waals surface area contributed by atoms with Crippen LogP contribution in [-0.4, -0.2) is 69.9 Å². The summed E-state index contributed by atoms with van der Waals surface area (Å²) in [6.45, 7) is 2.77. The predicted molar refractivity (Wildman–Crippen MR) is 65.6 cm³/mol. The Morgan fingerprint density at radius 3 is 2.38 bits per heavy atom. The molecular formula is C10H23NO4S. The van der Waals surface area contributed by atoms with Crippen LogP contribution in [0.25, 0.3) is 0 Å². The van der Waals surface area contributed by atoms with Crippen LogP contribution in [0.1, 0.15) is 13.3 Å². The van der Waals surface area contributed by atoms with Crippen molar-refractivity contribution >= 4 is 11.8 Å². The molecule has 3 unspecified atom stereocenters. The summed E-state index contributed by atoms with van der Waals surface area (Å²) < 4.78 is 0. The molecule has 0 aromatic heterocycles. The standard InChI is InChI=1S/C10H23NO4S/c1-2-9(14)10(15)7-16-6-8(13)5-11-3-4-12/h8-15H,2-7H2,1H3. The molecule has 0 heterocycles. The summed E-state index contributed by atoms with van der Waals surface area (Å²) in [6, 6.07) is 0. The fourth-order valence-electron chi connectivity index (χ4n) is 1.11. The van der Waals surface area contributed by atoms with E-state index < -0.39 is 18.3 Å². The molecule has 16 heavy (non-hydrogen) atoms. The first kappa shape index (κ1) is 16.1. The summed E-state index contributed by atoms with van der Waals surface area (Å²) in [5.41, 5.74) is 0. The quantitative estimate of drug-likeness (QED) is 0.314. The van der Waals surface area contributed by atoms with Crippen LogP contribution < -0.4 is 5.32 Å². The maximum absolute atomic E-state index is 9.48. The fraction of sp³-hybridized carbons (Fsp3) is 1.00. The van der Waals surface area contributed by atoms with Gasteiger partial charge < -0.3 is 25.7 Å². The minimum absolute atomic E-state index is 0.0568. The molecule has 98 valence electrons. The molecule has 0 aliphatic heterocycles. The van der Waals surface area contributed by atoms with Crippen LogP contribution in [0.4, 0.5) is 0 Å². The topological polar surface area (TPSA) is 93.0 Å². The summed E-state index contributed by atoms with van der Waals surface area (Å²) in [7, 11) is 0. The third kappa shape index (κ3) is 8.32. The second-order valence-electron chi connectivity index (χ2n) is 3.66. The number of aliphatic hydroxyl groups is 4. The largest absolute Gasteiger partial charge is 0.395 e. The maximum atomic E-state index is 9.48. The number of rotatable bonds is 10. The molecule has 0 aromatic rings. The molecule has 0 radical (unpaired) electrons. The first-order valence-corrected chi connectivity index (χ1v) is 6.70. The van der Waals surface area contributed by atoms with E-state index in [9.17, 15) is 15.3 Å². The summed E-state index contributed by atoms with van der Waals surface area (Å²) in [5.74, 6) is 0.929. The lowest BCUT2D eigenvalue weighted by Gasteiger charge is -2.17. The third-order valence-electron chi connectivity index (χ3n) is 2.13. The van der Waals surface area contributed by atoms with Gasteiger partial charge in [-0.25, -0.2) is 0 Å². The Morgan fingerprint density at radius 2 is 1.81 bits per heavy atom. The number of aliphatic hydroxyl groups excluding tert-OH is 4. The van der Waals surface area contributed by atoms with Gasteiger partial charge in [0.25, 0.3) is 0 Å². The van der Waals surface area contributed by atoms with E-state index in [2.05, 4.69) is 5.32 Å². The lowest BCUT2D eigenvalue weighted by atomic mass is 10.2. The Bertz CT molecular complexity index is 162. The molecule has 0 rings (SSSR count). The number of nitrogens with one attached hydrogen (secondary N) is 1. The molecule has 0 amide bonds. The maximum Gasteiger partial charge on any atom is 0.0889 e. The van der Waals surface area contributed by atoms with Crippen molar-refractivity contribution in [1.82, 2.24) is 5.32 Å². The zero-order valence-electron chi connectivity index (χ0n) is 9.67. The number of hydrogen-bond donors (Lipinski definition) is 5. The van der Waals surface area contributed by atoms with Gasteiger partial charge in [0.1, 0.15) is 0 Å². The van der Waals surface area contributed by atoms with Crippen LogP contribution in [-0.2, 0) is 0 Å². The molecule has 5 nitrogen and oxygen atoms in total. The fourth-order valence-corrected chi connectivity index (χ4v) is 2.10. The predicted octanol–water partition coefficient (Wildman–Crippen LogP) is -1.21. The third-order valence-corrected chi connectivity index (χ3v) is 3.33. The zero-order valence-corrected chi connectivity index (χ0v) is 10.5. The van der Waals surface area contributed by atoms with Gasteiger partial charge in [0.2, 0.25) is 0 Å². The molecule has 0 spiro atoms. The van der Waals surface area contributed by atoms with Crippen LogP contribution >= 0.6 is 11.8 Å². The Balaban J connectivity index is 3.42. The lowest BCUT2D eigenvalue weighted by molar-refractivity contribution is 0.0322. The highest BCUT2D eigenvalue weighted by atomic mass is 32.2. The van der Waals surface area contributed by atoms with Gasteiger partial charge in [-0.1, -0.05) is 6.92 Å². The molecule has 0 saturated heterocycles. The molecule has 3 atom stereocenters. The van der Waals surface area contributed by atoms with Crippen molar-refractivity contribution < 1.29 is 20.4 Å². The van der Waals surface area contributed by atoms with Crippen LogP contribution in [0.15, 0.2) is 0 Å². The number of thioether (sulfide) groups is 1. The van der Waals surface area contributed by atoms with Gasteiger partial charge in [-0.2, -0.15) is 11.8 Å². The van der Waals surface area contributed by atoms with Crippen LogP contribution in [0.5, 0.6) is 0 Å². The van der Waals surface area contributed by atoms with Crippen molar-refractivity contribution in [2.45, 2.75) is 31.7 Å². The highest BCUT2D eigenvalue weighted by Gasteiger charge is 2.14. The first-order chi connectivity index (χ1) is 7.61. The average Bonchev–Trinajstić information content (AvgIpc) is 2.28. The second kappa shape index (κ2) is 10.3. The Labute approximate surface area is 101 Å². The summed E-state index contributed by atoms with van der Waals surface area (Å²) in [6.07, 6.45) is -1.38. The first-order valence-electron chi connectivity index (χ1n) is 5.55. The SMILES string of the molecule is CCC(O)C(O)CSCC(O)CNCCO. The summed E-state index contributed by atoms with van der Waals surface area (Å²) in [5, 5.41) is 39.6. The van der Waals surface area contributed by atoms with E-state index in [4.69, 9.17) is 5.11 Å². The van der Waals surface area contributed by atoms with E-state index >= 15 is 0 Å². The van der Waals surface area contributed by atoms with Crippen LogP contribution in [0.3, 0.4) is 0 Å². The van der Waals surface area contributed by atoms with Crippen molar-refractivity contribution in [2.24, 2.45) is 0 Å². The minimum Gasteiger partial charge on any atom is -0.395 e. The van der Waals surface area contributed by atoms with Crippen molar-refractivity contribution in [3.8, 4) is 0 Å². The molecule has 0 saturated carbocycles. The zero-order chi connectivity index (χ0) is 12.4. The molecule has 0 fully saturated rings. The van der Waals surface area contributed by atoms with Gasteiger partial charge in [0, 0.05) is 24.6 Å². The van der Waals surface area contributed by atoms with E-state index in [1.807, 2.05) is 6.92 Å². The van der Waals surface area contributed by atoms with E-state index in [1.165, 1.54) is 11.8 Å². The summed E-state index contributed by atoms with van der Waals surface area (Å²) in [4.78, 5) is 0. The van der Waals surface area contributed by atoms with Crippen molar-refractivity contribution in [2.75, 3.05) is 31.2 Å². The smallest absolute Gasteiger partial charge is 0.0889 e. The summed E-state index contributed by atoms with van der Waals surface area (Å²) >= 11 is 1.41. The van der Waals surface area contributed by atoms with Gasteiger partial charge in [-0.3, -0.25) is 0 Å². The molecule has 5 N–H and O–H groups in total. The Morgan fingerprint density at radius 1 is 1.12 bits per heavy atom. The monoisotopic (exact) mass is 253 g/mol. The molecule has 0 aromatic carbocycles. The van der Waals surface area contributed by atoms with Crippen molar-refractivity contribution in [3.05, 3.63) is 0 Å². The molecule has 0 bridgehead atoms. The normalized spacial score (nSPS) is 17.1. The van der Waals surface area contributed by atoms with Gasteiger partial charge in [0.05, 0.1) is 24.9 Å². The van der Waals surface area contributed by atoms with Crippen LogP contribution in [0, 0.1) is 0 Å². The van der Waals surface area contributed by atoms with Crippen LogP contribution in [0.2, 0.25) is 0 Å². The van der Waals surface area contributed by atoms with E-state index in [0.717, 1.165) is 0 Å². The van der Waals surface area contributed by atoms with Gasteiger partial charge >= 0.3 is 0 Å². The van der Waals surface area contributed by atoms with E-state index in [1.54, 1.807) is 0 Å². The average molecular weight is 253 g/mol. The van der Waals surface area contributed by atoms with Crippen molar-refractivity contribution in [1.29, 1.82) is 0 Å². The minimum atomic E-state index is -0.729. The Hall–Kier alpha value is 0.150. The molecular weight excluding hydrogens is 230 g/mol.